The molecule has 0 radical (unpaired) electrons. The summed E-state index contributed by atoms with van der Waals surface area (Å²) in [5.74, 6) is -0.295. The minimum Gasteiger partial charge on any atom is -0.307 e. The van der Waals surface area contributed by atoms with Crippen LogP contribution in [0, 0.1) is 11.8 Å². The fourth-order valence-electron chi connectivity index (χ4n) is 1.69. The molecular weight excluding hydrogens is 317 g/mol. The van der Waals surface area contributed by atoms with Crippen molar-refractivity contribution < 1.29 is 13.6 Å². The molecule has 0 aliphatic rings. The van der Waals surface area contributed by atoms with Crippen LogP contribution in [0.4, 0.5) is 0 Å². The van der Waals surface area contributed by atoms with Crippen molar-refractivity contribution in [2.24, 2.45) is 16.8 Å². The third kappa shape index (κ3) is 6.12. The van der Waals surface area contributed by atoms with E-state index in [0.29, 0.717) is 13.2 Å². The van der Waals surface area contributed by atoms with Gasteiger partial charge in [0.05, 0.1) is 18.4 Å². The number of isothiocyanates is 1. The van der Waals surface area contributed by atoms with Gasteiger partial charge in [0.2, 0.25) is 0 Å². The fourth-order valence-corrected chi connectivity index (χ4v) is 3.98. The number of aliphatic imine (C=N–C) groups is 1. The molecule has 0 aromatic heterocycles. The highest BCUT2D eigenvalue weighted by Gasteiger charge is 2.37. The van der Waals surface area contributed by atoms with Crippen molar-refractivity contribution >= 4 is 25.0 Å². The molecule has 1 rings (SSSR count). The summed E-state index contributed by atoms with van der Waals surface area (Å²) in [5, 5.41) is 2.32. The van der Waals surface area contributed by atoms with E-state index < -0.39 is 13.4 Å². The van der Waals surface area contributed by atoms with Crippen LogP contribution in [0.2, 0.25) is 0 Å². The van der Waals surface area contributed by atoms with Gasteiger partial charge in [0, 0.05) is 0 Å². The van der Waals surface area contributed by atoms with E-state index in [1.807, 2.05) is 58.0 Å². The van der Waals surface area contributed by atoms with E-state index in [2.05, 4.69) is 10.2 Å². The van der Waals surface area contributed by atoms with Crippen LogP contribution in [0.3, 0.4) is 0 Å². The SMILES string of the molecule is CC(C)COP(=O)(OCC(C)C)C(N=C=S)c1ccccc1. The lowest BCUT2D eigenvalue weighted by Crippen LogP contribution is -2.11. The van der Waals surface area contributed by atoms with Crippen LogP contribution in [0.5, 0.6) is 0 Å². The van der Waals surface area contributed by atoms with Crippen LogP contribution in [0.1, 0.15) is 39.0 Å². The van der Waals surface area contributed by atoms with Crippen molar-refractivity contribution in [1.29, 1.82) is 0 Å². The smallest absolute Gasteiger partial charge is 0.307 e. The summed E-state index contributed by atoms with van der Waals surface area (Å²) in [4.78, 5) is 4.07. The van der Waals surface area contributed by atoms with Crippen molar-refractivity contribution in [2.45, 2.75) is 33.5 Å². The van der Waals surface area contributed by atoms with Crippen LogP contribution in [0.15, 0.2) is 35.3 Å². The van der Waals surface area contributed by atoms with Crippen molar-refractivity contribution in [2.75, 3.05) is 13.2 Å². The lowest BCUT2D eigenvalue weighted by Gasteiger charge is -2.25. The summed E-state index contributed by atoms with van der Waals surface area (Å²) in [7, 11) is -3.47. The summed E-state index contributed by atoms with van der Waals surface area (Å²) in [6.07, 6.45) is 0. The Labute approximate surface area is 138 Å². The van der Waals surface area contributed by atoms with E-state index in [-0.39, 0.29) is 11.8 Å². The molecule has 0 aliphatic heterocycles. The Hall–Kier alpha value is -0.830. The van der Waals surface area contributed by atoms with Crippen LogP contribution < -0.4 is 0 Å². The van der Waals surface area contributed by atoms with E-state index >= 15 is 0 Å². The van der Waals surface area contributed by atoms with Crippen LogP contribution in [-0.2, 0) is 13.6 Å². The van der Waals surface area contributed by atoms with Gasteiger partial charge < -0.3 is 9.05 Å². The fraction of sp³-hybridized carbons (Fsp3) is 0.562. The number of hydrogen-bond acceptors (Lipinski definition) is 5. The van der Waals surface area contributed by atoms with Gasteiger partial charge in [0.15, 0.2) is 5.78 Å². The topological polar surface area (TPSA) is 47.9 Å². The third-order valence-electron chi connectivity index (χ3n) is 2.75. The molecule has 4 nitrogen and oxygen atoms in total. The van der Waals surface area contributed by atoms with Gasteiger partial charge in [-0.1, -0.05) is 58.0 Å². The maximum atomic E-state index is 13.3. The zero-order valence-corrected chi connectivity index (χ0v) is 15.3. The molecule has 122 valence electrons. The number of benzene rings is 1. The van der Waals surface area contributed by atoms with E-state index in [0.717, 1.165) is 5.56 Å². The molecule has 0 fully saturated rings. The van der Waals surface area contributed by atoms with Gasteiger partial charge >= 0.3 is 7.60 Å². The first kappa shape index (κ1) is 19.2. The molecule has 0 spiro atoms. The first-order chi connectivity index (χ1) is 10.4. The Balaban J connectivity index is 3.13. The standard InChI is InChI=1S/C16H24NO3PS/c1-13(2)10-19-21(18,20-11-14(3)4)16(17-12-22)15-8-6-5-7-9-15/h5-9,13-14,16H,10-11H2,1-4H3. The summed E-state index contributed by atoms with van der Waals surface area (Å²) < 4.78 is 24.6. The summed E-state index contributed by atoms with van der Waals surface area (Å²) in [5.41, 5.74) is 0.746. The van der Waals surface area contributed by atoms with Crippen molar-refractivity contribution in [3.8, 4) is 0 Å². The maximum Gasteiger partial charge on any atom is 0.360 e. The van der Waals surface area contributed by atoms with E-state index in [4.69, 9.17) is 21.3 Å². The normalized spacial score (nSPS) is 13.2. The monoisotopic (exact) mass is 341 g/mol. The highest BCUT2D eigenvalue weighted by molar-refractivity contribution is 7.78. The minimum absolute atomic E-state index is 0.240. The minimum atomic E-state index is -3.47. The predicted molar refractivity (Wildman–Crippen MR) is 93.4 cm³/mol. The molecule has 22 heavy (non-hydrogen) atoms. The van der Waals surface area contributed by atoms with Crippen molar-refractivity contribution in [3.63, 3.8) is 0 Å². The quantitative estimate of drug-likeness (QED) is 0.346. The molecule has 1 aromatic rings. The molecule has 0 saturated heterocycles. The maximum absolute atomic E-state index is 13.3. The molecule has 0 bridgehead atoms. The number of rotatable bonds is 9. The van der Waals surface area contributed by atoms with Gasteiger partial charge in [-0.15, -0.1) is 0 Å². The second kappa shape index (κ2) is 9.34. The van der Waals surface area contributed by atoms with Gasteiger partial charge in [-0.2, -0.15) is 0 Å². The molecule has 0 amide bonds. The van der Waals surface area contributed by atoms with Gasteiger partial charge in [-0.05, 0) is 29.6 Å². The van der Waals surface area contributed by atoms with Crippen LogP contribution in [0.25, 0.3) is 0 Å². The molecule has 0 saturated carbocycles. The second-order valence-electron chi connectivity index (χ2n) is 5.92. The Bertz CT molecular complexity index is 526. The first-order valence-corrected chi connectivity index (χ1v) is 9.41. The second-order valence-corrected chi connectivity index (χ2v) is 8.19. The largest absolute Gasteiger partial charge is 0.360 e. The van der Waals surface area contributed by atoms with Crippen LogP contribution >= 0.6 is 19.8 Å². The molecule has 1 atom stereocenters. The average molecular weight is 341 g/mol. The molecule has 6 heteroatoms. The zero-order valence-electron chi connectivity index (χ0n) is 13.6. The first-order valence-electron chi connectivity index (χ1n) is 7.39. The van der Waals surface area contributed by atoms with E-state index in [9.17, 15) is 4.57 Å². The highest BCUT2D eigenvalue weighted by Crippen LogP contribution is 2.62. The van der Waals surface area contributed by atoms with E-state index in [1.165, 1.54) is 0 Å². The van der Waals surface area contributed by atoms with Gasteiger partial charge in [0.25, 0.3) is 0 Å². The van der Waals surface area contributed by atoms with Gasteiger partial charge in [0.1, 0.15) is 0 Å². The molecule has 1 unspecified atom stereocenters. The Kier molecular flexibility index (Phi) is 8.16. The highest BCUT2D eigenvalue weighted by atomic mass is 32.1. The molecule has 0 heterocycles. The lowest BCUT2D eigenvalue weighted by molar-refractivity contribution is 0.167. The molecule has 1 aromatic carbocycles. The van der Waals surface area contributed by atoms with Crippen molar-refractivity contribution in [3.05, 3.63) is 35.9 Å². The Morgan fingerprint density at radius 1 is 1.09 bits per heavy atom. The molecule has 0 N–H and O–H groups in total. The third-order valence-corrected chi connectivity index (χ3v) is 4.88. The summed E-state index contributed by atoms with van der Waals surface area (Å²) >= 11 is 4.72. The predicted octanol–water partition coefficient (Wildman–Crippen LogP) is 5.33. The number of hydrogen-bond donors (Lipinski definition) is 0. The average Bonchev–Trinajstić information content (AvgIpc) is 2.49. The Morgan fingerprint density at radius 2 is 1.59 bits per heavy atom. The van der Waals surface area contributed by atoms with Crippen LogP contribution in [-0.4, -0.2) is 18.4 Å². The molecular formula is C16H24NO3PS. The van der Waals surface area contributed by atoms with E-state index in [1.54, 1.807) is 0 Å². The Morgan fingerprint density at radius 3 is 2.00 bits per heavy atom. The zero-order chi connectivity index (χ0) is 16.6. The van der Waals surface area contributed by atoms with Crippen molar-refractivity contribution in [1.82, 2.24) is 0 Å². The van der Waals surface area contributed by atoms with Gasteiger partial charge in [-0.3, -0.25) is 4.57 Å². The lowest BCUT2D eigenvalue weighted by atomic mass is 10.2. The summed E-state index contributed by atoms with van der Waals surface area (Å²) in [6.45, 7) is 8.65. The molecule has 0 aliphatic carbocycles. The number of nitrogens with zero attached hydrogens (tertiary/aromatic N) is 1. The number of thiocarbonyl (C=S) groups is 1. The summed E-state index contributed by atoms with van der Waals surface area (Å²) in [6, 6.07) is 9.28. The van der Waals surface area contributed by atoms with Gasteiger partial charge in [-0.25, -0.2) is 4.99 Å².